The van der Waals surface area contributed by atoms with Crippen molar-refractivity contribution in [2.45, 2.75) is 32.6 Å². The van der Waals surface area contributed by atoms with Crippen LogP contribution in [0.15, 0.2) is 54.6 Å². The van der Waals surface area contributed by atoms with Crippen molar-refractivity contribution < 1.29 is 9.59 Å². The van der Waals surface area contributed by atoms with E-state index in [4.69, 9.17) is 0 Å². The van der Waals surface area contributed by atoms with Gasteiger partial charge in [0.1, 0.15) is 0 Å². The molecule has 2 aromatic rings. The molecule has 182 valence electrons. The van der Waals surface area contributed by atoms with E-state index in [1.165, 1.54) is 16.8 Å². The molecule has 34 heavy (non-hydrogen) atoms. The van der Waals surface area contributed by atoms with E-state index >= 15 is 0 Å². The van der Waals surface area contributed by atoms with Gasteiger partial charge in [0.25, 0.3) is 0 Å². The second-order valence-electron chi connectivity index (χ2n) is 9.64. The zero-order chi connectivity index (χ0) is 23.8. The number of carbonyl (C=O) groups is 2. The molecule has 2 aliphatic heterocycles. The van der Waals surface area contributed by atoms with Crippen molar-refractivity contribution in [2.24, 2.45) is 5.92 Å². The Hall–Kier alpha value is -2.86. The minimum atomic E-state index is -0.210. The molecule has 1 N–H and O–H groups in total. The van der Waals surface area contributed by atoms with Crippen LogP contribution in [0.1, 0.15) is 30.4 Å². The summed E-state index contributed by atoms with van der Waals surface area (Å²) in [5, 5.41) is 3.07. The van der Waals surface area contributed by atoms with E-state index in [0.717, 1.165) is 52.0 Å². The summed E-state index contributed by atoms with van der Waals surface area (Å²) in [5.74, 6) is -0.0822. The van der Waals surface area contributed by atoms with Crippen LogP contribution in [0.2, 0.25) is 0 Å². The van der Waals surface area contributed by atoms with Gasteiger partial charge in [0, 0.05) is 57.9 Å². The lowest BCUT2D eigenvalue weighted by molar-refractivity contribution is -0.129. The summed E-state index contributed by atoms with van der Waals surface area (Å²) in [7, 11) is 0. The van der Waals surface area contributed by atoms with E-state index in [0.29, 0.717) is 26.1 Å². The fourth-order valence-electron chi connectivity index (χ4n) is 4.94. The van der Waals surface area contributed by atoms with Crippen molar-refractivity contribution in [3.63, 3.8) is 0 Å². The number of rotatable bonds is 10. The summed E-state index contributed by atoms with van der Waals surface area (Å²) >= 11 is 0. The summed E-state index contributed by atoms with van der Waals surface area (Å²) in [6.45, 7) is 9.45. The van der Waals surface area contributed by atoms with E-state index in [-0.39, 0.29) is 17.7 Å². The standard InChI is InChI=1S/C28H38N4O2/c1-23-8-7-11-26(20-23)31-18-16-30(17-19-31)14-6-5-13-29-28(34)25-21-27(33)32(22-25)15-12-24-9-3-2-4-10-24/h2-4,7-11,20,25H,5-6,12-19,21-22H2,1H3,(H,29,34). The highest BCUT2D eigenvalue weighted by atomic mass is 16.2. The second kappa shape index (κ2) is 12.0. The Morgan fingerprint density at radius 1 is 0.971 bits per heavy atom. The van der Waals surface area contributed by atoms with E-state index in [1.54, 1.807) is 0 Å². The van der Waals surface area contributed by atoms with Crippen molar-refractivity contribution in [3.05, 3.63) is 65.7 Å². The smallest absolute Gasteiger partial charge is 0.225 e. The minimum absolute atomic E-state index is 0.0299. The molecule has 2 heterocycles. The van der Waals surface area contributed by atoms with Crippen LogP contribution in [0.5, 0.6) is 0 Å². The van der Waals surface area contributed by atoms with Gasteiger partial charge in [-0.2, -0.15) is 0 Å². The number of aryl methyl sites for hydroxylation is 1. The lowest BCUT2D eigenvalue weighted by atomic mass is 10.1. The molecule has 1 unspecified atom stereocenters. The molecule has 0 bridgehead atoms. The van der Waals surface area contributed by atoms with Gasteiger partial charge in [0.05, 0.1) is 5.92 Å². The first-order chi connectivity index (χ1) is 16.6. The van der Waals surface area contributed by atoms with Crippen LogP contribution in [-0.2, 0) is 16.0 Å². The Morgan fingerprint density at radius 2 is 1.76 bits per heavy atom. The molecule has 0 aromatic heterocycles. The third kappa shape index (κ3) is 6.83. The van der Waals surface area contributed by atoms with Crippen LogP contribution >= 0.6 is 0 Å². The number of piperazine rings is 1. The average Bonchev–Trinajstić information content (AvgIpc) is 3.24. The molecule has 0 saturated carbocycles. The summed E-state index contributed by atoms with van der Waals surface area (Å²) in [5.41, 5.74) is 3.86. The van der Waals surface area contributed by atoms with Gasteiger partial charge in [-0.05, 0) is 56.0 Å². The van der Waals surface area contributed by atoms with Crippen LogP contribution in [0.4, 0.5) is 5.69 Å². The third-order valence-corrected chi connectivity index (χ3v) is 7.04. The quantitative estimate of drug-likeness (QED) is 0.552. The molecule has 0 spiro atoms. The molecule has 0 radical (unpaired) electrons. The molecule has 6 nitrogen and oxygen atoms in total. The zero-order valence-corrected chi connectivity index (χ0v) is 20.4. The number of likely N-dealkylation sites (tertiary alicyclic amines) is 1. The fraction of sp³-hybridized carbons (Fsp3) is 0.500. The van der Waals surface area contributed by atoms with Crippen LogP contribution < -0.4 is 10.2 Å². The van der Waals surface area contributed by atoms with Crippen molar-refractivity contribution in [1.82, 2.24) is 15.1 Å². The van der Waals surface area contributed by atoms with Gasteiger partial charge < -0.3 is 15.1 Å². The SMILES string of the molecule is Cc1cccc(N2CCN(CCCCNC(=O)C3CC(=O)N(CCc4ccccc4)C3)CC2)c1. The maximum absolute atomic E-state index is 12.6. The van der Waals surface area contributed by atoms with Crippen molar-refractivity contribution >= 4 is 17.5 Å². The van der Waals surface area contributed by atoms with Gasteiger partial charge in [-0.15, -0.1) is 0 Å². The van der Waals surface area contributed by atoms with E-state index < -0.39 is 0 Å². The van der Waals surface area contributed by atoms with E-state index in [1.807, 2.05) is 23.1 Å². The molecule has 4 rings (SSSR count). The van der Waals surface area contributed by atoms with Crippen LogP contribution in [0.25, 0.3) is 0 Å². The number of nitrogens with one attached hydrogen (secondary N) is 1. The zero-order valence-electron chi connectivity index (χ0n) is 20.4. The maximum atomic E-state index is 12.6. The van der Waals surface area contributed by atoms with Gasteiger partial charge in [0.15, 0.2) is 0 Å². The molecular weight excluding hydrogens is 424 g/mol. The highest BCUT2D eigenvalue weighted by molar-refractivity contribution is 5.89. The Bertz CT molecular complexity index is 940. The number of unbranched alkanes of at least 4 members (excludes halogenated alkanes) is 1. The molecule has 1 atom stereocenters. The number of hydrogen-bond donors (Lipinski definition) is 1. The lowest BCUT2D eigenvalue weighted by Gasteiger charge is -2.36. The van der Waals surface area contributed by atoms with Gasteiger partial charge in [0.2, 0.25) is 11.8 Å². The summed E-state index contributed by atoms with van der Waals surface area (Å²) < 4.78 is 0. The first-order valence-corrected chi connectivity index (χ1v) is 12.7. The van der Waals surface area contributed by atoms with Crippen molar-refractivity contribution in [2.75, 3.05) is 57.3 Å². The van der Waals surface area contributed by atoms with Gasteiger partial charge in [-0.3, -0.25) is 14.5 Å². The van der Waals surface area contributed by atoms with Crippen LogP contribution in [-0.4, -0.2) is 74.0 Å². The van der Waals surface area contributed by atoms with Crippen molar-refractivity contribution in [3.8, 4) is 0 Å². The molecule has 2 aromatic carbocycles. The predicted octanol–water partition coefficient (Wildman–Crippen LogP) is 3.10. The normalized spacial score (nSPS) is 19.0. The van der Waals surface area contributed by atoms with Crippen LogP contribution in [0.3, 0.4) is 0 Å². The summed E-state index contributed by atoms with van der Waals surface area (Å²) in [6, 6.07) is 18.9. The first-order valence-electron chi connectivity index (χ1n) is 12.7. The number of amides is 2. The van der Waals surface area contributed by atoms with Crippen LogP contribution in [0, 0.1) is 12.8 Å². The highest BCUT2D eigenvalue weighted by Gasteiger charge is 2.33. The Balaban J connectivity index is 1.08. The number of benzene rings is 2. The second-order valence-corrected chi connectivity index (χ2v) is 9.64. The lowest BCUT2D eigenvalue weighted by Crippen LogP contribution is -2.46. The molecule has 2 amide bonds. The van der Waals surface area contributed by atoms with Gasteiger partial charge in [-0.25, -0.2) is 0 Å². The summed E-state index contributed by atoms with van der Waals surface area (Å²) in [4.78, 5) is 31.7. The summed E-state index contributed by atoms with van der Waals surface area (Å²) in [6.07, 6.45) is 3.23. The first kappa shape index (κ1) is 24.3. The van der Waals surface area contributed by atoms with Crippen molar-refractivity contribution in [1.29, 1.82) is 0 Å². The maximum Gasteiger partial charge on any atom is 0.225 e. The minimum Gasteiger partial charge on any atom is -0.369 e. The number of carbonyl (C=O) groups excluding carboxylic acids is 2. The molecular formula is C28H38N4O2. The molecule has 0 aliphatic carbocycles. The largest absolute Gasteiger partial charge is 0.369 e. The Labute approximate surface area is 203 Å². The molecule has 2 fully saturated rings. The number of nitrogens with zero attached hydrogens (tertiary/aromatic N) is 3. The predicted molar refractivity (Wildman–Crippen MR) is 137 cm³/mol. The number of hydrogen-bond acceptors (Lipinski definition) is 4. The highest BCUT2D eigenvalue weighted by Crippen LogP contribution is 2.19. The monoisotopic (exact) mass is 462 g/mol. The molecule has 6 heteroatoms. The number of anilines is 1. The van der Waals surface area contributed by atoms with E-state index in [2.05, 4.69) is 58.4 Å². The average molecular weight is 463 g/mol. The molecule has 2 saturated heterocycles. The van der Waals surface area contributed by atoms with E-state index in [9.17, 15) is 9.59 Å². The Kier molecular flexibility index (Phi) is 8.58. The molecule has 2 aliphatic rings. The topological polar surface area (TPSA) is 55.9 Å². The van der Waals surface area contributed by atoms with Gasteiger partial charge in [-0.1, -0.05) is 42.5 Å². The van der Waals surface area contributed by atoms with Gasteiger partial charge >= 0.3 is 0 Å². The third-order valence-electron chi connectivity index (χ3n) is 7.04. The fourth-order valence-corrected chi connectivity index (χ4v) is 4.94. The Morgan fingerprint density at radius 3 is 2.53 bits per heavy atom.